The average Bonchev–Trinajstić information content (AvgIpc) is 2.83. The van der Waals surface area contributed by atoms with Gasteiger partial charge in [0.15, 0.2) is 10.8 Å². The molecule has 17 heavy (non-hydrogen) atoms. The fourth-order valence-electron chi connectivity index (χ4n) is 1.17. The molecule has 0 aliphatic carbocycles. The molecule has 2 rings (SSSR count). The zero-order valence-corrected chi connectivity index (χ0v) is 10.4. The van der Waals surface area contributed by atoms with E-state index in [2.05, 4.69) is 20.9 Å². The molecule has 0 aliphatic heterocycles. The van der Waals surface area contributed by atoms with Crippen molar-refractivity contribution in [1.82, 2.24) is 4.98 Å². The van der Waals surface area contributed by atoms with E-state index in [1.807, 2.05) is 0 Å². The lowest BCUT2D eigenvalue weighted by atomic mass is 10.2. The smallest absolute Gasteiger partial charge is 0.443 e. The predicted molar refractivity (Wildman–Crippen MR) is 57.6 cm³/mol. The van der Waals surface area contributed by atoms with Crippen LogP contribution in [0.1, 0.15) is 21.7 Å². The van der Waals surface area contributed by atoms with Crippen molar-refractivity contribution in [1.29, 1.82) is 0 Å². The van der Waals surface area contributed by atoms with E-state index in [1.165, 1.54) is 6.26 Å². The number of nitrogens with zero attached hydrogens (tertiary/aromatic N) is 1. The summed E-state index contributed by atoms with van der Waals surface area (Å²) in [5, 5.41) is 8.83. The molecular formula is C9H5BrF3NO2S. The summed E-state index contributed by atoms with van der Waals surface area (Å²) in [6, 6.07) is 1.55. The van der Waals surface area contributed by atoms with Gasteiger partial charge < -0.3 is 9.52 Å². The van der Waals surface area contributed by atoms with Crippen LogP contribution in [0.4, 0.5) is 13.2 Å². The highest BCUT2D eigenvalue weighted by Gasteiger charge is 2.35. The van der Waals surface area contributed by atoms with Crippen molar-refractivity contribution in [3.8, 4) is 0 Å². The maximum Gasteiger partial charge on any atom is 0.443 e. The van der Waals surface area contributed by atoms with Crippen LogP contribution < -0.4 is 0 Å². The van der Waals surface area contributed by atoms with Crippen molar-refractivity contribution in [3.63, 3.8) is 0 Å². The van der Waals surface area contributed by atoms with E-state index in [-0.39, 0.29) is 10.6 Å². The van der Waals surface area contributed by atoms with Crippen molar-refractivity contribution >= 4 is 27.3 Å². The lowest BCUT2D eigenvalue weighted by Crippen LogP contribution is -2.03. The maximum absolute atomic E-state index is 12.3. The molecule has 2 aromatic rings. The van der Waals surface area contributed by atoms with Crippen LogP contribution >= 0.6 is 27.3 Å². The Hall–Kier alpha value is -0.860. The summed E-state index contributed by atoms with van der Waals surface area (Å²) in [5.74, 6) is 0.155. The molecule has 1 atom stereocenters. The highest BCUT2D eigenvalue weighted by Crippen LogP contribution is 2.37. The number of hydrogen-bond donors (Lipinski definition) is 1. The number of thiazole rings is 1. The number of rotatable bonds is 2. The average molecular weight is 328 g/mol. The van der Waals surface area contributed by atoms with E-state index in [0.29, 0.717) is 15.8 Å². The molecule has 0 spiro atoms. The summed E-state index contributed by atoms with van der Waals surface area (Å²) >= 11 is 3.51. The number of halogens is 4. The molecule has 0 radical (unpaired) electrons. The van der Waals surface area contributed by atoms with Gasteiger partial charge in [0, 0.05) is 6.20 Å². The first kappa shape index (κ1) is 12.6. The van der Waals surface area contributed by atoms with Crippen LogP contribution in [0.2, 0.25) is 0 Å². The molecule has 1 N–H and O–H groups in total. The topological polar surface area (TPSA) is 46.3 Å². The lowest BCUT2D eigenvalue weighted by Gasteiger charge is -2.04. The minimum atomic E-state index is -4.50. The second-order valence-electron chi connectivity index (χ2n) is 3.10. The first-order valence-corrected chi connectivity index (χ1v) is 5.94. The zero-order chi connectivity index (χ0) is 12.6. The van der Waals surface area contributed by atoms with Gasteiger partial charge in [0.1, 0.15) is 6.10 Å². The Morgan fingerprint density at radius 1 is 1.47 bits per heavy atom. The third kappa shape index (κ3) is 2.53. The predicted octanol–water partition coefficient (Wildman–Crippen LogP) is 3.60. The molecule has 2 heterocycles. The fraction of sp³-hybridized carbons (Fsp3) is 0.222. The van der Waals surface area contributed by atoms with Gasteiger partial charge in [-0.2, -0.15) is 13.2 Å². The van der Waals surface area contributed by atoms with Gasteiger partial charge in [-0.1, -0.05) is 0 Å². The largest absolute Gasteiger partial charge is 0.465 e. The van der Waals surface area contributed by atoms with Gasteiger partial charge in [-0.15, -0.1) is 11.3 Å². The Bertz CT molecular complexity index is 522. The van der Waals surface area contributed by atoms with Gasteiger partial charge >= 0.3 is 6.18 Å². The molecule has 0 bridgehead atoms. The lowest BCUT2D eigenvalue weighted by molar-refractivity contribution is -0.137. The van der Waals surface area contributed by atoms with E-state index in [4.69, 9.17) is 4.42 Å². The Kier molecular flexibility index (Phi) is 3.28. The second-order valence-corrected chi connectivity index (χ2v) is 5.02. The van der Waals surface area contributed by atoms with Gasteiger partial charge in [0.05, 0.1) is 15.6 Å². The van der Waals surface area contributed by atoms with Crippen molar-refractivity contribution < 1.29 is 22.7 Å². The number of aromatic nitrogens is 1. The molecule has 0 fully saturated rings. The molecule has 0 amide bonds. The summed E-state index contributed by atoms with van der Waals surface area (Å²) in [4.78, 5) is 3.30. The summed E-state index contributed by atoms with van der Waals surface area (Å²) in [6.45, 7) is 0. The standard InChI is InChI=1S/C9H5BrF3NO2S/c10-4-1-2-16-7(4)6(15)5-3-14-8(17-5)9(11,12)13/h1-3,6,15H. The normalized spacial score (nSPS) is 13.9. The Morgan fingerprint density at radius 2 is 2.18 bits per heavy atom. The fourth-order valence-corrected chi connectivity index (χ4v) is 2.36. The van der Waals surface area contributed by atoms with Crippen molar-refractivity contribution in [2.24, 2.45) is 0 Å². The quantitative estimate of drug-likeness (QED) is 0.916. The van der Waals surface area contributed by atoms with Crippen LogP contribution in [-0.4, -0.2) is 10.1 Å². The maximum atomic E-state index is 12.3. The van der Waals surface area contributed by atoms with E-state index in [9.17, 15) is 18.3 Å². The van der Waals surface area contributed by atoms with Crippen LogP contribution in [0.5, 0.6) is 0 Å². The first-order chi connectivity index (χ1) is 7.89. The third-order valence-corrected chi connectivity index (χ3v) is 3.68. The number of aliphatic hydroxyl groups excluding tert-OH is 1. The summed E-state index contributed by atoms with van der Waals surface area (Å²) in [7, 11) is 0. The molecule has 0 aliphatic rings. The van der Waals surface area contributed by atoms with Gasteiger partial charge in [-0.3, -0.25) is 0 Å². The SMILES string of the molecule is OC(c1cnc(C(F)(F)F)s1)c1occc1Br. The molecule has 3 nitrogen and oxygen atoms in total. The zero-order valence-electron chi connectivity index (χ0n) is 8.03. The van der Waals surface area contributed by atoms with E-state index < -0.39 is 17.3 Å². The van der Waals surface area contributed by atoms with Crippen LogP contribution in [0.3, 0.4) is 0 Å². The molecule has 92 valence electrons. The number of aliphatic hydroxyl groups is 1. The van der Waals surface area contributed by atoms with Crippen LogP contribution in [0.15, 0.2) is 27.4 Å². The van der Waals surface area contributed by atoms with Crippen molar-refractivity contribution in [2.75, 3.05) is 0 Å². The molecule has 0 aromatic carbocycles. The highest BCUT2D eigenvalue weighted by atomic mass is 79.9. The molecular weight excluding hydrogens is 323 g/mol. The van der Waals surface area contributed by atoms with Crippen molar-refractivity contribution in [3.05, 3.63) is 38.6 Å². The Labute approximate surface area is 106 Å². The molecule has 0 saturated carbocycles. The molecule has 2 aromatic heterocycles. The number of alkyl halides is 3. The van der Waals surface area contributed by atoms with E-state index >= 15 is 0 Å². The molecule has 1 unspecified atom stereocenters. The summed E-state index contributed by atoms with van der Waals surface area (Å²) in [5.41, 5.74) is 0. The van der Waals surface area contributed by atoms with Gasteiger partial charge in [0.25, 0.3) is 0 Å². The second kappa shape index (κ2) is 4.43. The van der Waals surface area contributed by atoms with Crippen molar-refractivity contribution in [2.45, 2.75) is 12.3 Å². The minimum absolute atomic E-state index is 0.0768. The first-order valence-electron chi connectivity index (χ1n) is 4.33. The van der Waals surface area contributed by atoms with Crippen LogP contribution in [-0.2, 0) is 6.18 Å². The van der Waals surface area contributed by atoms with Gasteiger partial charge in [0.2, 0.25) is 0 Å². The molecule has 8 heteroatoms. The highest BCUT2D eigenvalue weighted by molar-refractivity contribution is 9.10. The van der Waals surface area contributed by atoms with Crippen LogP contribution in [0, 0.1) is 0 Å². The monoisotopic (exact) mass is 327 g/mol. The van der Waals surface area contributed by atoms with Gasteiger partial charge in [-0.25, -0.2) is 4.98 Å². The summed E-state index contributed by atoms with van der Waals surface area (Å²) in [6.07, 6.45) is -3.43. The summed E-state index contributed by atoms with van der Waals surface area (Å²) < 4.78 is 42.4. The van der Waals surface area contributed by atoms with Gasteiger partial charge in [-0.05, 0) is 22.0 Å². The van der Waals surface area contributed by atoms with E-state index in [0.717, 1.165) is 6.20 Å². The Balaban J connectivity index is 2.30. The number of hydrogen-bond acceptors (Lipinski definition) is 4. The third-order valence-electron chi connectivity index (χ3n) is 1.93. The minimum Gasteiger partial charge on any atom is -0.465 e. The number of furan rings is 1. The van der Waals surface area contributed by atoms with Crippen LogP contribution in [0.25, 0.3) is 0 Å². The van der Waals surface area contributed by atoms with E-state index in [1.54, 1.807) is 6.07 Å². The Morgan fingerprint density at radius 3 is 2.65 bits per heavy atom. The molecule has 0 saturated heterocycles.